The van der Waals surface area contributed by atoms with Crippen LogP contribution in [0.4, 0.5) is 0 Å². The van der Waals surface area contributed by atoms with Gasteiger partial charge >= 0.3 is 0 Å². The van der Waals surface area contributed by atoms with Gasteiger partial charge in [0.1, 0.15) is 5.75 Å². The molecule has 3 nitrogen and oxygen atoms in total. The third-order valence-corrected chi connectivity index (χ3v) is 3.02. The van der Waals surface area contributed by atoms with Crippen LogP contribution in [0.25, 0.3) is 0 Å². The van der Waals surface area contributed by atoms with Crippen molar-refractivity contribution in [3.8, 4) is 5.75 Å². The standard InChI is InChI=1S/C11H16N2O/c1-14-10-6-9(7-13-8-10)11(12)4-2-3-5-11/h6-8H,2-5,12H2,1H3. The van der Waals surface area contributed by atoms with Crippen LogP contribution in [0.5, 0.6) is 5.75 Å². The van der Waals surface area contributed by atoms with Gasteiger partial charge in [-0.05, 0) is 24.5 Å². The van der Waals surface area contributed by atoms with Gasteiger partial charge in [-0.15, -0.1) is 0 Å². The van der Waals surface area contributed by atoms with Crippen LogP contribution in [0, 0.1) is 0 Å². The normalized spacial score (nSPS) is 19.6. The highest BCUT2D eigenvalue weighted by atomic mass is 16.5. The maximum Gasteiger partial charge on any atom is 0.137 e. The van der Waals surface area contributed by atoms with E-state index in [-0.39, 0.29) is 5.54 Å². The molecule has 3 heteroatoms. The Morgan fingerprint density at radius 3 is 2.71 bits per heavy atom. The van der Waals surface area contributed by atoms with Gasteiger partial charge in [0, 0.05) is 11.7 Å². The van der Waals surface area contributed by atoms with Crippen LogP contribution in [-0.4, -0.2) is 12.1 Å². The molecular weight excluding hydrogens is 176 g/mol. The number of rotatable bonds is 2. The third kappa shape index (κ3) is 1.60. The fraction of sp³-hybridized carbons (Fsp3) is 0.545. The molecule has 0 saturated heterocycles. The quantitative estimate of drug-likeness (QED) is 0.777. The summed E-state index contributed by atoms with van der Waals surface area (Å²) in [7, 11) is 1.65. The molecule has 14 heavy (non-hydrogen) atoms. The number of hydrogen-bond acceptors (Lipinski definition) is 3. The molecule has 0 atom stereocenters. The van der Waals surface area contributed by atoms with E-state index in [0.29, 0.717) is 0 Å². The van der Waals surface area contributed by atoms with Gasteiger partial charge in [-0.1, -0.05) is 12.8 Å². The topological polar surface area (TPSA) is 48.1 Å². The Labute approximate surface area is 84.3 Å². The first kappa shape index (κ1) is 9.46. The van der Waals surface area contributed by atoms with Gasteiger partial charge < -0.3 is 10.5 Å². The SMILES string of the molecule is COc1cncc(C2(N)CCCC2)c1. The van der Waals surface area contributed by atoms with E-state index in [2.05, 4.69) is 4.98 Å². The zero-order valence-electron chi connectivity index (χ0n) is 8.49. The molecule has 0 bridgehead atoms. The summed E-state index contributed by atoms with van der Waals surface area (Å²) in [6.45, 7) is 0. The molecule has 1 aromatic rings. The first-order valence-corrected chi connectivity index (χ1v) is 5.03. The van der Waals surface area contributed by atoms with Crippen LogP contribution in [-0.2, 0) is 5.54 Å². The minimum Gasteiger partial charge on any atom is -0.495 e. The summed E-state index contributed by atoms with van der Waals surface area (Å²) in [5, 5.41) is 0. The Morgan fingerprint density at radius 2 is 2.07 bits per heavy atom. The minimum absolute atomic E-state index is 0.165. The summed E-state index contributed by atoms with van der Waals surface area (Å²) >= 11 is 0. The molecule has 1 aliphatic carbocycles. The maximum atomic E-state index is 6.31. The van der Waals surface area contributed by atoms with E-state index in [1.807, 2.05) is 12.3 Å². The zero-order chi connectivity index (χ0) is 10.0. The Kier molecular flexibility index (Phi) is 2.42. The summed E-state index contributed by atoms with van der Waals surface area (Å²) in [5.41, 5.74) is 7.25. The predicted molar refractivity (Wildman–Crippen MR) is 55.1 cm³/mol. The predicted octanol–water partition coefficient (Wildman–Crippen LogP) is 1.82. The van der Waals surface area contributed by atoms with Crippen molar-refractivity contribution in [2.45, 2.75) is 31.2 Å². The highest BCUT2D eigenvalue weighted by Gasteiger charge is 2.31. The van der Waals surface area contributed by atoms with Gasteiger partial charge in [0.15, 0.2) is 0 Å². The lowest BCUT2D eigenvalue weighted by Gasteiger charge is -2.23. The summed E-state index contributed by atoms with van der Waals surface area (Å²) in [5.74, 6) is 0.791. The number of aromatic nitrogens is 1. The van der Waals surface area contributed by atoms with E-state index < -0.39 is 0 Å². The van der Waals surface area contributed by atoms with E-state index in [4.69, 9.17) is 10.5 Å². The van der Waals surface area contributed by atoms with Crippen LogP contribution >= 0.6 is 0 Å². The van der Waals surface area contributed by atoms with E-state index in [1.165, 1.54) is 12.8 Å². The Hall–Kier alpha value is -1.09. The van der Waals surface area contributed by atoms with Gasteiger partial charge in [-0.3, -0.25) is 4.98 Å². The molecule has 1 fully saturated rings. The monoisotopic (exact) mass is 192 g/mol. The van der Waals surface area contributed by atoms with Crippen LogP contribution < -0.4 is 10.5 Å². The molecule has 1 aliphatic rings. The average Bonchev–Trinajstić information content (AvgIpc) is 2.67. The largest absolute Gasteiger partial charge is 0.495 e. The lowest BCUT2D eigenvalue weighted by Crippen LogP contribution is -2.33. The molecule has 0 aromatic carbocycles. The molecule has 0 aliphatic heterocycles. The van der Waals surface area contributed by atoms with Crippen molar-refractivity contribution in [3.05, 3.63) is 24.0 Å². The second kappa shape index (κ2) is 3.58. The van der Waals surface area contributed by atoms with Crippen molar-refractivity contribution in [1.82, 2.24) is 4.98 Å². The Balaban J connectivity index is 2.30. The molecular formula is C11H16N2O. The van der Waals surface area contributed by atoms with Crippen molar-refractivity contribution in [1.29, 1.82) is 0 Å². The Bertz CT molecular complexity index is 319. The van der Waals surface area contributed by atoms with Crippen molar-refractivity contribution in [2.75, 3.05) is 7.11 Å². The summed E-state index contributed by atoms with van der Waals surface area (Å²) in [6.07, 6.45) is 8.11. The van der Waals surface area contributed by atoms with Crippen LogP contribution in [0.1, 0.15) is 31.2 Å². The Morgan fingerprint density at radius 1 is 1.36 bits per heavy atom. The van der Waals surface area contributed by atoms with Crippen molar-refractivity contribution >= 4 is 0 Å². The second-order valence-corrected chi connectivity index (χ2v) is 3.98. The molecule has 0 spiro atoms. The highest BCUT2D eigenvalue weighted by molar-refractivity contribution is 5.29. The lowest BCUT2D eigenvalue weighted by atomic mass is 9.91. The van der Waals surface area contributed by atoms with Gasteiger partial charge in [0.25, 0.3) is 0 Å². The molecule has 1 aromatic heterocycles. The van der Waals surface area contributed by atoms with Crippen LogP contribution in [0.3, 0.4) is 0 Å². The highest BCUT2D eigenvalue weighted by Crippen LogP contribution is 2.36. The van der Waals surface area contributed by atoms with Crippen molar-refractivity contribution in [3.63, 3.8) is 0 Å². The molecule has 0 amide bonds. The third-order valence-electron chi connectivity index (χ3n) is 3.02. The van der Waals surface area contributed by atoms with Gasteiger partial charge in [0.2, 0.25) is 0 Å². The second-order valence-electron chi connectivity index (χ2n) is 3.98. The average molecular weight is 192 g/mol. The fourth-order valence-electron chi connectivity index (χ4n) is 2.10. The molecule has 2 N–H and O–H groups in total. The summed E-state index contributed by atoms with van der Waals surface area (Å²) in [4.78, 5) is 4.14. The van der Waals surface area contributed by atoms with E-state index in [0.717, 1.165) is 24.2 Å². The zero-order valence-corrected chi connectivity index (χ0v) is 8.49. The molecule has 76 valence electrons. The first-order valence-electron chi connectivity index (χ1n) is 5.03. The lowest BCUT2D eigenvalue weighted by molar-refractivity contribution is 0.405. The number of nitrogens with zero attached hydrogens (tertiary/aromatic N) is 1. The minimum atomic E-state index is -0.165. The van der Waals surface area contributed by atoms with Crippen molar-refractivity contribution < 1.29 is 4.74 Å². The number of hydrogen-bond donors (Lipinski definition) is 1. The maximum absolute atomic E-state index is 6.31. The number of ether oxygens (including phenoxy) is 1. The van der Waals surface area contributed by atoms with Gasteiger partial charge in [-0.2, -0.15) is 0 Å². The van der Waals surface area contributed by atoms with E-state index in [9.17, 15) is 0 Å². The molecule has 1 saturated carbocycles. The van der Waals surface area contributed by atoms with Crippen LogP contribution in [0.15, 0.2) is 18.5 Å². The molecule has 2 rings (SSSR count). The van der Waals surface area contributed by atoms with E-state index >= 15 is 0 Å². The van der Waals surface area contributed by atoms with E-state index in [1.54, 1.807) is 13.3 Å². The number of pyridine rings is 1. The molecule has 0 unspecified atom stereocenters. The van der Waals surface area contributed by atoms with Gasteiger partial charge in [-0.25, -0.2) is 0 Å². The fourth-order valence-corrected chi connectivity index (χ4v) is 2.10. The number of methoxy groups -OCH3 is 1. The smallest absolute Gasteiger partial charge is 0.137 e. The summed E-state index contributed by atoms with van der Waals surface area (Å²) < 4.78 is 5.14. The van der Waals surface area contributed by atoms with Gasteiger partial charge in [0.05, 0.1) is 13.3 Å². The van der Waals surface area contributed by atoms with Crippen molar-refractivity contribution in [2.24, 2.45) is 5.73 Å². The molecule has 1 heterocycles. The number of nitrogens with two attached hydrogens (primary N) is 1. The summed E-state index contributed by atoms with van der Waals surface area (Å²) in [6, 6.07) is 2.00. The molecule has 0 radical (unpaired) electrons. The first-order chi connectivity index (χ1) is 6.74. The van der Waals surface area contributed by atoms with Crippen LogP contribution in [0.2, 0.25) is 0 Å².